The Bertz CT molecular complexity index is 1290. The average molecular weight is 529 g/mol. The Balaban J connectivity index is 1.98. The highest BCUT2D eigenvalue weighted by molar-refractivity contribution is 7.19. The molecule has 0 aliphatic heterocycles. The Labute approximate surface area is 218 Å². The van der Waals surface area contributed by atoms with E-state index in [1.807, 2.05) is 0 Å². The molecule has 196 valence electrons. The summed E-state index contributed by atoms with van der Waals surface area (Å²) in [6.45, 7) is 3.42. The maximum absolute atomic E-state index is 13.2. The van der Waals surface area contributed by atoms with Crippen molar-refractivity contribution >= 4 is 39.8 Å². The molecular weight excluding hydrogens is 500 g/mol. The van der Waals surface area contributed by atoms with Gasteiger partial charge in [-0.3, -0.25) is 9.59 Å². The van der Waals surface area contributed by atoms with Gasteiger partial charge in [-0.15, -0.1) is 11.3 Å². The smallest absolute Gasteiger partial charge is 0.341 e. The van der Waals surface area contributed by atoms with Crippen LogP contribution in [0.4, 0.5) is 10.7 Å². The number of hydrogen-bond donors (Lipinski definition) is 2. The fraction of sp³-hybridized carbons (Fsp3) is 0.269. The number of anilines is 2. The molecule has 2 N–H and O–H groups in total. The quantitative estimate of drug-likeness (QED) is 0.361. The van der Waals surface area contributed by atoms with Crippen LogP contribution in [0.25, 0.3) is 0 Å². The number of benzene rings is 2. The molecule has 0 aliphatic carbocycles. The molecule has 1 heterocycles. The van der Waals surface area contributed by atoms with Gasteiger partial charge in [0.15, 0.2) is 11.5 Å². The molecule has 2 aromatic carbocycles. The number of methoxy groups -OCH3 is 4. The van der Waals surface area contributed by atoms with Gasteiger partial charge in [0.25, 0.3) is 11.8 Å². The Morgan fingerprint density at radius 2 is 1.54 bits per heavy atom. The summed E-state index contributed by atoms with van der Waals surface area (Å²) in [6.07, 6.45) is 0. The molecule has 1 aromatic heterocycles. The molecular formula is C26H28N2O8S. The van der Waals surface area contributed by atoms with Gasteiger partial charge < -0.3 is 34.3 Å². The van der Waals surface area contributed by atoms with E-state index in [2.05, 4.69) is 10.6 Å². The fourth-order valence-corrected chi connectivity index (χ4v) is 4.63. The highest BCUT2D eigenvalue weighted by Crippen LogP contribution is 2.39. The third-order valence-electron chi connectivity index (χ3n) is 5.31. The van der Waals surface area contributed by atoms with Gasteiger partial charge in [-0.1, -0.05) is 6.07 Å². The van der Waals surface area contributed by atoms with E-state index in [1.165, 1.54) is 40.6 Å². The first-order chi connectivity index (χ1) is 17.8. The largest absolute Gasteiger partial charge is 0.497 e. The van der Waals surface area contributed by atoms with E-state index < -0.39 is 17.8 Å². The summed E-state index contributed by atoms with van der Waals surface area (Å²) in [4.78, 5) is 39.4. The first-order valence-electron chi connectivity index (χ1n) is 11.1. The van der Waals surface area contributed by atoms with E-state index in [9.17, 15) is 14.4 Å². The minimum Gasteiger partial charge on any atom is -0.497 e. The van der Waals surface area contributed by atoms with Gasteiger partial charge in [0.2, 0.25) is 5.75 Å². The number of esters is 1. The predicted molar refractivity (Wildman–Crippen MR) is 140 cm³/mol. The van der Waals surface area contributed by atoms with Crippen molar-refractivity contribution in [2.75, 3.05) is 45.7 Å². The van der Waals surface area contributed by atoms with Crippen molar-refractivity contribution < 1.29 is 38.1 Å². The third-order valence-corrected chi connectivity index (χ3v) is 6.52. The number of ether oxygens (including phenoxy) is 5. The first-order valence-corrected chi connectivity index (χ1v) is 12.0. The summed E-state index contributed by atoms with van der Waals surface area (Å²) in [5, 5.41) is 5.70. The summed E-state index contributed by atoms with van der Waals surface area (Å²) in [5.74, 6) is -0.169. The topological polar surface area (TPSA) is 121 Å². The monoisotopic (exact) mass is 528 g/mol. The van der Waals surface area contributed by atoms with Crippen molar-refractivity contribution in [1.29, 1.82) is 0 Å². The fourth-order valence-electron chi connectivity index (χ4n) is 3.54. The Morgan fingerprint density at radius 3 is 2.11 bits per heavy atom. The van der Waals surface area contributed by atoms with Crippen LogP contribution in [0, 0.1) is 6.92 Å². The molecule has 0 spiro atoms. The zero-order chi connectivity index (χ0) is 27.1. The van der Waals surface area contributed by atoms with Crippen LogP contribution in [0.2, 0.25) is 0 Å². The number of nitrogens with one attached hydrogen (secondary N) is 2. The lowest BCUT2D eigenvalue weighted by molar-refractivity contribution is 0.0527. The molecule has 3 rings (SSSR count). The highest BCUT2D eigenvalue weighted by Gasteiger charge is 2.27. The third kappa shape index (κ3) is 5.95. The van der Waals surface area contributed by atoms with Gasteiger partial charge in [-0.2, -0.15) is 0 Å². The normalized spacial score (nSPS) is 10.3. The van der Waals surface area contributed by atoms with E-state index in [1.54, 1.807) is 38.1 Å². The molecule has 11 heteroatoms. The lowest BCUT2D eigenvalue weighted by Crippen LogP contribution is -2.15. The van der Waals surface area contributed by atoms with Crippen molar-refractivity contribution in [2.24, 2.45) is 0 Å². The molecule has 0 saturated heterocycles. The summed E-state index contributed by atoms with van der Waals surface area (Å²) >= 11 is 0.965. The van der Waals surface area contributed by atoms with Crippen LogP contribution in [0.1, 0.15) is 42.9 Å². The number of carbonyl (C=O) groups excluding carboxylic acids is 3. The van der Waals surface area contributed by atoms with Crippen molar-refractivity contribution in [3.63, 3.8) is 0 Å². The molecule has 0 unspecified atom stereocenters. The Hall–Kier alpha value is -4.25. The van der Waals surface area contributed by atoms with Crippen LogP contribution in [0.5, 0.6) is 23.0 Å². The SMILES string of the molecule is CCOC(=O)c1c(NC(=O)c2cc(OC)c(OC)c(OC)c2)sc(C(=O)Nc2cccc(OC)c2)c1C. The zero-order valence-electron chi connectivity index (χ0n) is 21.3. The van der Waals surface area contributed by atoms with E-state index in [-0.39, 0.29) is 27.6 Å². The Morgan fingerprint density at radius 1 is 0.865 bits per heavy atom. The van der Waals surface area contributed by atoms with Crippen molar-refractivity contribution in [3.8, 4) is 23.0 Å². The maximum Gasteiger partial charge on any atom is 0.341 e. The number of rotatable bonds is 10. The average Bonchev–Trinajstić information content (AvgIpc) is 3.23. The summed E-state index contributed by atoms with van der Waals surface area (Å²) in [6, 6.07) is 9.84. The minimum absolute atomic E-state index is 0.100. The molecule has 0 saturated carbocycles. The molecule has 0 aliphatic rings. The lowest BCUT2D eigenvalue weighted by Gasteiger charge is -2.14. The molecule has 2 amide bonds. The molecule has 0 radical (unpaired) electrons. The molecule has 37 heavy (non-hydrogen) atoms. The molecule has 0 bridgehead atoms. The molecule has 3 aromatic rings. The van der Waals surface area contributed by atoms with E-state index in [0.717, 1.165) is 11.3 Å². The van der Waals surface area contributed by atoms with Crippen molar-refractivity contribution in [3.05, 3.63) is 58.0 Å². The summed E-state index contributed by atoms with van der Waals surface area (Å²) < 4.78 is 26.3. The van der Waals surface area contributed by atoms with Gasteiger partial charge in [0.1, 0.15) is 10.8 Å². The number of amides is 2. The van der Waals surface area contributed by atoms with Gasteiger partial charge in [-0.25, -0.2) is 4.79 Å². The predicted octanol–water partition coefficient (Wildman–Crippen LogP) is 4.77. The Kier molecular flexibility index (Phi) is 8.96. The van der Waals surface area contributed by atoms with Crippen molar-refractivity contribution in [1.82, 2.24) is 0 Å². The van der Waals surface area contributed by atoms with Crippen LogP contribution < -0.4 is 29.6 Å². The molecule has 0 fully saturated rings. The standard InChI is InChI=1S/C26H28N2O8S/c1-7-36-26(31)20-14(2)22(24(30)27-16-9-8-10-17(13-16)32-3)37-25(20)28-23(29)15-11-18(33-4)21(35-6)19(12-15)34-5/h8-13H,7H2,1-6H3,(H,27,30)(H,28,29). The van der Waals surface area contributed by atoms with Gasteiger partial charge in [0.05, 0.1) is 45.5 Å². The van der Waals surface area contributed by atoms with E-state index in [0.29, 0.717) is 34.2 Å². The van der Waals surface area contributed by atoms with E-state index >= 15 is 0 Å². The van der Waals surface area contributed by atoms with Crippen molar-refractivity contribution in [2.45, 2.75) is 13.8 Å². The number of carbonyl (C=O) groups is 3. The van der Waals surface area contributed by atoms with Crippen LogP contribution in [-0.2, 0) is 4.74 Å². The maximum atomic E-state index is 13.2. The number of thiophene rings is 1. The molecule has 0 atom stereocenters. The summed E-state index contributed by atoms with van der Waals surface area (Å²) in [7, 11) is 5.86. The minimum atomic E-state index is -0.656. The van der Waals surface area contributed by atoms with Crippen LogP contribution in [0.3, 0.4) is 0 Å². The number of hydrogen-bond acceptors (Lipinski definition) is 9. The van der Waals surface area contributed by atoms with Crippen LogP contribution in [0.15, 0.2) is 36.4 Å². The second kappa shape index (κ2) is 12.1. The van der Waals surface area contributed by atoms with Gasteiger partial charge >= 0.3 is 5.97 Å². The second-order valence-electron chi connectivity index (χ2n) is 7.53. The van der Waals surface area contributed by atoms with Crippen LogP contribution >= 0.6 is 11.3 Å². The highest BCUT2D eigenvalue weighted by atomic mass is 32.1. The van der Waals surface area contributed by atoms with E-state index in [4.69, 9.17) is 23.7 Å². The summed E-state index contributed by atoms with van der Waals surface area (Å²) in [5.41, 5.74) is 1.18. The van der Waals surface area contributed by atoms with Gasteiger partial charge in [-0.05, 0) is 43.7 Å². The lowest BCUT2D eigenvalue weighted by atomic mass is 10.1. The second-order valence-corrected chi connectivity index (χ2v) is 8.56. The van der Waals surface area contributed by atoms with Gasteiger partial charge in [0, 0.05) is 17.3 Å². The zero-order valence-corrected chi connectivity index (χ0v) is 22.2. The van der Waals surface area contributed by atoms with Crippen LogP contribution in [-0.4, -0.2) is 52.8 Å². The molecule has 10 nitrogen and oxygen atoms in total. The first kappa shape index (κ1) is 27.3.